The molecule has 0 amide bonds. The van der Waals surface area contributed by atoms with Crippen molar-refractivity contribution in [1.82, 2.24) is 0 Å². The molecule has 0 aromatic carbocycles. The van der Waals surface area contributed by atoms with Gasteiger partial charge in [0.25, 0.3) is 0 Å². The number of fused-ring (bicyclic) bond motifs is 5. The Balaban J connectivity index is 1.66. The van der Waals surface area contributed by atoms with E-state index in [4.69, 9.17) is 0 Å². The van der Waals surface area contributed by atoms with Gasteiger partial charge in [0.15, 0.2) is 0 Å². The van der Waals surface area contributed by atoms with Crippen LogP contribution in [0, 0.1) is 34.5 Å². The highest BCUT2D eigenvalue weighted by atomic mass is 16.1. The van der Waals surface area contributed by atoms with Crippen molar-refractivity contribution in [3.8, 4) is 0 Å². The minimum atomic E-state index is -0.0163. The van der Waals surface area contributed by atoms with Gasteiger partial charge in [-0.3, -0.25) is 9.59 Å². The normalized spacial score (nSPS) is 51.7. The van der Waals surface area contributed by atoms with Crippen LogP contribution in [-0.4, -0.2) is 11.6 Å². The van der Waals surface area contributed by atoms with E-state index in [1.165, 1.54) is 25.7 Å². The van der Waals surface area contributed by atoms with Crippen molar-refractivity contribution in [2.45, 2.75) is 78.1 Å². The fourth-order valence-electron chi connectivity index (χ4n) is 7.09. The molecular weight excluding hydrogens is 272 g/mol. The highest BCUT2D eigenvalue weighted by Crippen LogP contribution is 2.66. The molecule has 0 bridgehead atoms. The molecule has 0 aromatic heterocycles. The fourth-order valence-corrected chi connectivity index (χ4v) is 7.09. The van der Waals surface area contributed by atoms with Crippen LogP contribution in [0.5, 0.6) is 0 Å². The Morgan fingerprint density at radius 2 is 1.68 bits per heavy atom. The van der Waals surface area contributed by atoms with Crippen LogP contribution in [0.25, 0.3) is 0 Å². The quantitative estimate of drug-likeness (QED) is 0.657. The van der Waals surface area contributed by atoms with Gasteiger partial charge in [-0.25, -0.2) is 0 Å². The Hall–Kier alpha value is -0.660. The predicted octanol–water partition coefficient (Wildman–Crippen LogP) is 4.56. The molecule has 0 spiro atoms. The summed E-state index contributed by atoms with van der Waals surface area (Å²) in [5.41, 5.74) is 0.375. The summed E-state index contributed by atoms with van der Waals surface area (Å²) in [4.78, 5) is 24.5. The molecule has 0 unspecified atom stereocenters. The maximum Gasteiger partial charge on any atom is 0.139 e. The zero-order chi connectivity index (χ0) is 15.5. The van der Waals surface area contributed by atoms with Crippen LogP contribution < -0.4 is 0 Å². The van der Waals surface area contributed by atoms with E-state index in [2.05, 4.69) is 13.8 Å². The van der Waals surface area contributed by atoms with Crippen LogP contribution >= 0.6 is 0 Å². The molecule has 6 atom stereocenters. The molecule has 0 radical (unpaired) electrons. The van der Waals surface area contributed by atoms with Crippen molar-refractivity contribution in [2.75, 3.05) is 0 Å². The second-order valence-corrected chi connectivity index (χ2v) is 9.18. The summed E-state index contributed by atoms with van der Waals surface area (Å²) >= 11 is 0. The monoisotopic (exact) mass is 302 g/mol. The lowest BCUT2D eigenvalue weighted by Crippen LogP contribution is -2.53. The lowest BCUT2D eigenvalue weighted by atomic mass is 9.45. The van der Waals surface area contributed by atoms with Gasteiger partial charge in [0, 0.05) is 24.7 Å². The number of rotatable bonds is 0. The largest absolute Gasteiger partial charge is 0.300 e. The summed E-state index contributed by atoms with van der Waals surface area (Å²) in [7, 11) is 0. The third-order valence-corrected chi connectivity index (χ3v) is 8.38. The Kier molecular flexibility index (Phi) is 3.33. The zero-order valence-electron chi connectivity index (χ0n) is 14.2. The Bertz CT molecular complexity index is 510. The van der Waals surface area contributed by atoms with E-state index in [-0.39, 0.29) is 5.41 Å². The summed E-state index contributed by atoms with van der Waals surface area (Å²) in [6.45, 7) is 4.78. The molecule has 0 N–H and O–H groups in total. The number of ketones is 2. The maximum absolute atomic E-state index is 12.4. The van der Waals surface area contributed by atoms with Crippen molar-refractivity contribution in [2.24, 2.45) is 34.5 Å². The number of hydrogen-bond acceptors (Lipinski definition) is 2. The number of carbonyl (C=O) groups is 2. The summed E-state index contributed by atoms with van der Waals surface area (Å²) in [6, 6.07) is 0. The minimum absolute atomic E-state index is 0.0163. The van der Waals surface area contributed by atoms with Crippen LogP contribution in [-0.2, 0) is 9.59 Å². The van der Waals surface area contributed by atoms with Gasteiger partial charge in [-0.2, -0.15) is 0 Å². The molecule has 4 aliphatic rings. The molecule has 0 aromatic rings. The molecule has 4 fully saturated rings. The highest BCUT2D eigenvalue weighted by molar-refractivity contribution is 5.87. The molecule has 4 saturated carbocycles. The lowest BCUT2D eigenvalue weighted by molar-refractivity contribution is -0.141. The molecule has 2 heteroatoms. The maximum atomic E-state index is 12.4. The topological polar surface area (TPSA) is 34.1 Å². The van der Waals surface area contributed by atoms with E-state index < -0.39 is 0 Å². The SMILES string of the molecule is C[C@]12CC[C@]3(C)C(=O)CC[C@H]3[C@@H]1CC[C@@H]1CC(=O)CCC[C@@H]12. The number of Topliss-reactive ketones (excluding diaryl/α,β-unsaturated/α-hetero) is 2. The summed E-state index contributed by atoms with van der Waals surface area (Å²) < 4.78 is 0. The minimum Gasteiger partial charge on any atom is -0.300 e. The van der Waals surface area contributed by atoms with E-state index in [9.17, 15) is 9.59 Å². The smallest absolute Gasteiger partial charge is 0.139 e. The first-order valence-electron chi connectivity index (χ1n) is 9.50. The average molecular weight is 302 g/mol. The Morgan fingerprint density at radius 1 is 0.864 bits per heavy atom. The van der Waals surface area contributed by atoms with Crippen molar-refractivity contribution < 1.29 is 9.59 Å². The molecule has 22 heavy (non-hydrogen) atoms. The molecule has 0 saturated heterocycles. The predicted molar refractivity (Wildman–Crippen MR) is 86.4 cm³/mol. The third-order valence-electron chi connectivity index (χ3n) is 8.38. The molecule has 122 valence electrons. The number of hydrogen-bond donors (Lipinski definition) is 0. The van der Waals surface area contributed by atoms with Crippen LogP contribution in [0.4, 0.5) is 0 Å². The van der Waals surface area contributed by atoms with E-state index in [1.54, 1.807) is 0 Å². The van der Waals surface area contributed by atoms with E-state index >= 15 is 0 Å². The summed E-state index contributed by atoms with van der Waals surface area (Å²) in [6.07, 6.45) is 10.8. The van der Waals surface area contributed by atoms with Crippen LogP contribution in [0.2, 0.25) is 0 Å². The first-order chi connectivity index (χ1) is 10.4. The second kappa shape index (κ2) is 4.92. The van der Waals surface area contributed by atoms with Crippen molar-refractivity contribution >= 4 is 11.6 Å². The lowest BCUT2D eigenvalue weighted by Gasteiger charge is -2.59. The third kappa shape index (κ3) is 1.91. The molecule has 4 rings (SSSR count). The van der Waals surface area contributed by atoms with Gasteiger partial charge in [-0.05, 0) is 74.0 Å². The fraction of sp³-hybridized carbons (Fsp3) is 0.900. The standard InChI is InChI=1S/C20H30O2/c1-19-10-11-20(2)17(8-9-18(20)22)16(19)7-6-13-12-14(21)4-3-5-15(13)19/h13,15-17H,3-12H2,1-2H3/t13-,15+,16+,17+,19-,20+/m1/s1. The second-order valence-electron chi connectivity index (χ2n) is 9.18. The Labute approximate surface area is 134 Å². The molecule has 0 heterocycles. The summed E-state index contributed by atoms with van der Waals surface area (Å²) in [5.74, 6) is 3.77. The first kappa shape index (κ1) is 14.9. The van der Waals surface area contributed by atoms with Gasteiger partial charge in [-0.15, -0.1) is 0 Å². The molecule has 4 aliphatic carbocycles. The molecular formula is C20H30O2. The van der Waals surface area contributed by atoms with Crippen LogP contribution in [0.15, 0.2) is 0 Å². The average Bonchev–Trinajstić information content (AvgIpc) is 2.66. The van der Waals surface area contributed by atoms with Crippen LogP contribution in [0.1, 0.15) is 78.1 Å². The van der Waals surface area contributed by atoms with Crippen molar-refractivity contribution in [1.29, 1.82) is 0 Å². The van der Waals surface area contributed by atoms with Gasteiger partial charge in [0.2, 0.25) is 0 Å². The van der Waals surface area contributed by atoms with Crippen molar-refractivity contribution in [3.05, 3.63) is 0 Å². The summed E-state index contributed by atoms with van der Waals surface area (Å²) in [5, 5.41) is 0. The van der Waals surface area contributed by atoms with E-state index in [0.29, 0.717) is 28.8 Å². The van der Waals surface area contributed by atoms with Gasteiger partial charge in [-0.1, -0.05) is 13.8 Å². The first-order valence-corrected chi connectivity index (χ1v) is 9.50. The molecule has 0 aliphatic heterocycles. The van der Waals surface area contributed by atoms with Gasteiger partial charge >= 0.3 is 0 Å². The van der Waals surface area contributed by atoms with Gasteiger partial charge < -0.3 is 0 Å². The van der Waals surface area contributed by atoms with Gasteiger partial charge in [0.1, 0.15) is 11.6 Å². The Morgan fingerprint density at radius 3 is 2.50 bits per heavy atom. The van der Waals surface area contributed by atoms with Crippen LogP contribution in [0.3, 0.4) is 0 Å². The molecule has 2 nitrogen and oxygen atoms in total. The van der Waals surface area contributed by atoms with E-state index in [0.717, 1.165) is 50.4 Å². The van der Waals surface area contributed by atoms with E-state index in [1.807, 2.05) is 0 Å². The van der Waals surface area contributed by atoms with Gasteiger partial charge in [0.05, 0.1) is 0 Å². The zero-order valence-corrected chi connectivity index (χ0v) is 14.2. The highest BCUT2D eigenvalue weighted by Gasteiger charge is 2.61. The number of carbonyl (C=O) groups excluding carboxylic acids is 2. The van der Waals surface area contributed by atoms with Crippen molar-refractivity contribution in [3.63, 3.8) is 0 Å².